The lowest BCUT2D eigenvalue weighted by molar-refractivity contribution is -0.122. The molecule has 1 fully saturated rings. The largest absolute Gasteiger partial charge is 0.349 e. The zero-order valence-corrected chi connectivity index (χ0v) is 16.8. The average Bonchev–Trinajstić information content (AvgIpc) is 3.18. The Morgan fingerprint density at radius 2 is 1.73 bits per heavy atom. The molecule has 1 aliphatic rings. The molecule has 1 aliphatic heterocycles. The fraction of sp³-hybridized carbons (Fsp3) is 0.650. The summed E-state index contributed by atoms with van der Waals surface area (Å²) in [5.74, 6) is 0.360. The van der Waals surface area contributed by atoms with Gasteiger partial charge in [0.15, 0.2) is 0 Å². The first-order chi connectivity index (χ1) is 12.5. The van der Waals surface area contributed by atoms with Gasteiger partial charge in [0.1, 0.15) is 0 Å². The van der Waals surface area contributed by atoms with E-state index in [1.165, 1.54) is 0 Å². The van der Waals surface area contributed by atoms with Gasteiger partial charge < -0.3 is 5.32 Å². The van der Waals surface area contributed by atoms with E-state index in [4.69, 9.17) is 0 Å². The Labute approximate surface area is 158 Å². The molecule has 1 atom stereocenters. The van der Waals surface area contributed by atoms with E-state index in [-0.39, 0.29) is 24.1 Å². The second-order valence-corrected chi connectivity index (χ2v) is 9.15. The van der Waals surface area contributed by atoms with Crippen LogP contribution in [0.4, 0.5) is 0 Å². The molecule has 2 rings (SSSR count). The first-order valence-electron chi connectivity index (χ1n) is 9.80. The van der Waals surface area contributed by atoms with Crippen molar-refractivity contribution in [1.82, 2.24) is 9.62 Å². The van der Waals surface area contributed by atoms with E-state index in [1.54, 1.807) is 4.31 Å². The van der Waals surface area contributed by atoms with Crippen LogP contribution < -0.4 is 5.32 Å². The molecule has 0 aromatic heterocycles. The van der Waals surface area contributed by atoms with Gasteiger partial charge >= 0.3 is 0 Å². The Balaban J connectivity index is 1.90. The number of nitrogens with zero attached hydrogens (tertiary/aromatic N) is 1. The molecular formula is C20H32N2O3S. The molecule has 26 heavy (non-hydrogen) atoms. The van der Waals surface area contributed by atoms with Gasteiger partial charge in [-0.05, 0) is 30.7 Å². The summed E-state index contributed by atoms with van der Waals surface area (Å²) < 4.78 is 26.1. The third kappa shape index (κ3) is 5.81. The summed E-state index contributed by atoms with van der Waals surface area (Å²) in [6.45, 7) is 5.52. The second kappa shape index (κ2) is 10.1. The molecule has 0 aliphatic carbocycles. The third-order valence-electron chi connectivity index (χ3n) is 5.26. The van der Waals surface area contributed by atoms with E-state index < -0.39 is 10.0 Å². The summed E-state index contributed by atoms with van der Waals surface area (Å²) in [5, 5.41) is 3.14. The molecular weight excluding hydrogens is 348 g/mol. The summed E-state index contributed by atoms with van der Waals surface area (Å²) in [6, 6.07) is 10.0. The summed E-state index contributed by atoms with van der Waals surface area (Å²) >= 11 is 0. The number of rotatable bonds is 10. The van der Waals surface area contributed by atoms with Crippen molar-refractivity contribution >= 4 is 15.9 Å². The van der Waals surface area contributed by atoms with Crippen LogP contribution in [-0.2, 0) is 14.8 Å². The SMILES string of the molecule is CCC(CC)C(NC(=O)CCCS(=O)(=O)N1CCCC1)c1ccccc1. The van der Waals surface area contributed by atoms with E-state index >= 15 is 0 Å². The Morgan fingerprint density at radius 1 is 1.12 bits per heavy atom. The number of hydrogen-bond acceptors (Lipinski definition) is 3. The molecule has 1 saturated heterocycles. The lowest BCUT2D eigenvalue weighted by atomic mass is 9.88. The van der Waals surface area contributed by atoms with Crippen LogP contribution in [0.3, 0.4) is 0 Å². The highest BCUT2D eigenvalue weighted by Crippen LogP contribution is 2.27. The predicted molar refractivity (Wildman–Crippen MR) is 105 cm³/mol. The maximum atomic E-state index is 12.5. The number of hydrogen-bond donors (Lipinski definition) is 1. The Bertz CT molecular complexity index is 651. The first kappa shape index (κ1) is 20.9. The van der Waals surface area contributed by atoms with E-state index in [2.05, 4.69) is 19.2 Å². The van der Waals surface area contributed by atoms with Crippen LogP contribution in [0, 0.1) is 5.92 Å². The summed E-state index contributed by atoms with van der Waals surface area (Å²) in [7, 11) is -3.21. The van der Waals surface area contributed by atoms with Gasteiger partial charge in [-0.25, -0.2) is 12.7 Å². The lowest BCUT2D eigenvalue weighted by Gasteiger charge is -2.27. The van der Waals surface area contributed by atoms with Crippen LogP contribution in [0.15, 0.2) is 30.3 Å². The van der Waals surface area contributed by atoms with Gasteiger partial charge in [0.2, 0.25) is 15.9 Å². The Hall–Kier alpha value is -1.40. The number of benzene rings is 1. The van der Waals surface area contributed by atoms with E-state index in [9.17, 15) is 13.2 Å². The highest BCUT2D eigenvalue weighted by atomic mass is 32.2. The Kier molecular flexibility index (Phi) is 8.10. The fourth-order valence-corrected chi connectivity index (χ4v) is 5.23. The standard InChI is InChI=1S/C20H32N2O3S/c1-3-17(4-2)20(18-11-6-5-7-12-18)21-19(23)13-10-16-26(24,25)22-14-8-9-15-22/h5-7,11-12,17,20H,3-4,8-10,13-16H2,1-2H3,(H,21,23). The van der Waals surface area contributed by atoms with E-state index in [0.717, 1.165) is 31.2 Å². The maximum absolute atomic E-state index is 12.5. The van der Waals surface area contributed by atoms with E-state index in [1.807, 2.05) is 30.3 Å². The predicted octanol–water partition coefficient (Wildman–Crippen LogP) is 3.49. The zero-order valence-electron chi connectivity index (χ0n) is 16.0. The minimum atomic E-state index is -3.21. The average molecular weight is 381 g/mol. The van der Waals surface area contributed by atoms with Crippen LogP contribution in [0.2, 0.25) is 0 Å². The monoisotopic (exact) mass is 380 g/mol. The topological polar surface area (TPSA) is 66.5 Å². The zero-order chi connectivity index (χ0) is 19.0. The number of carbonyl (C=O) groups excluding carboxylic acids is 1. The van der Waals surface area contributed by atoms with Gasteiger partial charge in [0.25, 0.3) is 0 Å². The number of sulfonamides is 1. The summed E-state index contributed by atoms with van der Waals surface area (Å²) in [5.41, 5.74) is 1.11. The van der Waals surface area contributed by atoms with Crippen LogP contribution >= 0.6 is 0 Å². The molecule has 1 aromatic rings. The molecule has 0 bridgehead atoms. The minimum absolute atomic E-state index is 0.0195. The van der Waals surface area contributed by atoms with Gasteiger partial charge in [0, 0.05) is 19.5 Å². The van der Waals surface area contributed by atoms with Crippen LogP contribution in [-0.4, -0.2) is 37.5 Å². The fourth-order valence-electron chi connectivity index (χ4n) is 3.65. The van der Waals surface area contributed by atoms with Gasteiger partial charge in [-0.1, -0.05) is 57.0 Å². The van der Waals surface area contributed by atoms with Crippen molar-refractivity contribution in [3.05, 3.63) is 35.9 Å². The Morgan fingerprint density at radius 3 is 2.31 bits per heavy atom. The van der Waals surface area contributed by atoms with Crippen LogP contribution in [0.25, 0.3) is 0 Å². The lowest BCUT2D eigenvalue weighted by Crippen LogP contribution is -2.34. The summed E-state index contributed by atoms with van der Waals surface area (Å²) in [4.78, 5) is 12.5. The maximum Gasteiger partial charge on any atom is 0.220 e. The number of carbonyl (C=O) groups is 1. The molecule has 1 amide bonds. The smallest absolute Gasteiger partial charge is 0.220 e. The molecule has 146 valence electrons. The van der Waals surface area contributed by atoms with Crippen LogP contribution in [0.1, 0.15) is 64.0 Å². The van der Waals surface area contributed by atoms with Crippen molar-refractivity contribution in [2.24, 2.45) is 5.92 Å². The molecule has 6 heteroatoms. The van der Waals surface area contributed by atoms with Crippen molar-refractivity contribution in [2.45, 2.75) is 58.4 Å². The van der Waals surface area contributed by atoms with Gasteiger partial charge in [-0.3, -0.25) is 4.79 Å². The first-order valence-corrected chi connectivity index (χ1v) is 11.4. The number of amides is 1. The third-order valence-corrected chi connectivity index (χ3v) is 7.22. The van der Waals surface area contributed by atoms with Gasteiger partial charge in [0.05, 0.1) is 11.8 Å². The second-order valence-electron chi connectivity index (χ2n) is 7.06. The van der Waals surface area contributed by atoms with Gasteiger partial charge in [-0.15, -0.1) is 0 Å². The van der Waals surface area contributed by atoms with Crippen molar-refractivity contribution < 1.29 is 13.2 Å². The highest BCUT2D eigenvalue weighted by Gasteiger charge is 2.26. The molecule has 0 saturated carbocycles. The van der Waals surface area contributed by atoms with Crippen LogP contribution in [0.5, 0.6) is 0 Å². The van der Waals surface area contributed by atoms with Crippen molar-refractivity contribution in [2.75, 3.05) is 18.8 Å². The highest BCUT2D eigenvalue weighted by molar-refractivity contribution is 7.89. The molecule has 1 unspecified atom stereocenters. The van der Waals surface area contributed by atoms with Crippen molar-refractivity contribution in [3.8, 4) is 0 Å². The quantitative estimate of drug-likeness (QED) is 0.676. The van der Waals surface area contributed by atoms with Crippen molar-refractivity contribution in [3.63, 3.8) is 0 Å². The minimum Gasteiger partial charge on any atom is -0.349 e. The molecule has 1 aromatic carbocycles. The molecule has 0 radical (unpaired) electrons. The molecule has 1 N–H and O–H groups in total. The molecule has 5 nitrogen and oxygen atoms in total. The normalized spacial score (nSPS) is 16.7. The summed E-state index contributed by atoms with van der Waals surface area (Å²) in [6.07, 6.45) is 4.47. The van der Waals surface area contributed by atoms with Crippen molar-refractivity contribution in [1.29, 1.82) is 0 Å². The number of nitrogens with one attached hydrogen (secondary N) is 1. The van der Waals surface area contributed by atoms with E-state index in [0.29, 0.717) is 25.4 Å². The molecule has 1 heterocycles. The molecule has 0 spiro atoms. The van der Waals surface area contributed by atoms with Gasteiger partial charge in [-0.2, -0.15) is 0 Å².